The van der Waals surface area contributed by atoms with Crippen molar-refractivity contribution in [2.75, 3.05) is 45.2 Å². The average molecular weight is 538 g/mol. The van der Waals surface area contributed by atoms with Crippen molar-refractivity contribution >= 4 is 45.1 Å². The van der Waals surface area contributed by atoms with Crippen LogP contribution >= 0.6 is 11.3 Å². The summed E-state index contributed by atoms with van der Waals surface area (Å²) in [7, 11) is 6.41. The van der Waals surface area contributed by atoms with Gasteiger partial charge in [-0.2, -0.15) is 4.98 Å². The van der Waals surface area contributed by atoms with Crippen molar-refractivity contribution in [2.45, 2.75) is 19.9 Å². The average Bonchev–Trinajstić information content (AvgIpc) is 3.30. The van der Waals surface area contributed by atoms with Gasteiger partial charge in [-0.3, -0.25) is 5.32 Å². The molecule has 0 radical (unpaired) electrons. The van der Waals surface area contributed by atoms with E-state index in [0.29, 0.717) is 64.2 Å². The van der Waals surface area contributed by atoms with Crippen molar-refractivity contribution in [1.29, 1.82) is 0 Å². The van der Waals surface area contributed by atoms with E-state index in [4.69, 9.17) is 23.9 Å². The van der Waals surface area contributed by atoms with Crippen molar-refractivity contribution in [1.82, 2.24) is 15.0 Å². The molecule has 2 aromatic carbocycles. The monoisotopic (exact) mass is 537 g/mol. The van der Waals surface area contributed by atoms with Crippen molar-refractivity contribution in [3.05, 3.63) is 46.0 Å². The number of carboxylic acid groups (broad SMARTS) is 1. The quantitative estimate of drug-likeness (QED) is 0.331. The summed E-state index contributed by atoms with van der Waals surface area (Å²) in [6, 6.07) is 7.69. The normalized spacial score (nSPS) is 12.7. The SMILES string of the molecule is COc1cc2c(cc1OC)CN(c1nc(Nc3nc(C)c(C(=O)O)s3)nc3cc(OC)c(OC)cc13)CC2. The van der Waals surface area contributed by atoms with E-state index in [1.807, 2.05) is 18.2 Å². The molecule has 0 aliphatic carbocycles. The van der Waals surface area contributed by atoms with E-state index in [1.165, 1.54) is 5.56 Å². The van der Waals surface area contributed by atoms with Crippen LogP contribution in [-0.4, -0.2) is 61.0 Å². The Morgan fingerprint density at radius 2 is 1.55 bits per heavy atom. The molecule has 198 valence electrons. The molecule has 0 saturated carbocycles. The van der Waals surface area contributed by atoms with Gasteiger partial charge in [0.2, 0.25) is 5.95 Å². The van der Waals surface area contributed by atoms with Crippen molar-refractivity contribution in [2.24, 2.45) is 0 Å². The number of aromatic nitrogens is 3. The Balaban J connectivity index is 1.60. The van der Waals surface area contributed by atoms with Gasteiger partial charge in [-0.25, -0.2) is 14.8 Å². The van der Waals surface area contributed by atoms with Gasteiger partial charge in [-0.15, -0.1) is 0 Å². The zero-order valence-electron chi connectivity index (χ0n) is 21.6. The Morgan fingerprint density at radius 3 is 2.18 bits per heavy atom. The molecule has 0 unspecified atom stereocenters. The van der Waals surface area contributed by atoms with Gasteiger partial charge in [0.1, 0.15) is 10.7 Å². The number of methoxy groups -OCH3 is 4. The first kappa shape index (κ1) is 25.3. The number of aromatic carboxylic acids is 1. The van der Waals surface area contributed by atoms with Crippen LogP contribution in [0.3, 0.4) is 0 Å². The maximum Gasteiger partial charge on any atom is 0.347 e. The van der Waals surface area contributed by atoms with Gasteiger partial charge in [0.15, 0.2) is 28.1 Å². The molecule has 1 aliphatic rings. The Morgan fingerprint density at radius 1 is 0.921 bits per heavy atom. The number of hydrogen-bond acceptors (Lipinski definition) is 11. The van der Waals surface area contributed by atoms with Crippen molar-refractivity contribution < 1.29 is 28.8 Å². The maximum atomic E-state index is 11.5. The fraction of sp³-hybridized carbons (Fsp3) is 0.308. The Bertz CT molecular complexity index is 1540. The molecule has 0 atom stereocenters. The van der Waals surface area contributed by atoms with Gasteiger partial charge < -0.3 is 29.0 Å². The third-order valence-electron chi connectivity index (χ3n) is 6.41. The Hall–Kier alpha value is -4.32. The number of fused-ring (bicyclic) bond motifs is 2. The summed E-state index contributed by atoms with van der Waals surface area (Å²) in [4.78, 5) is 27.7. The van der Waals surface area contributed by atoms with E-state index in [1.54, 1.807) is 41.4 Å². The zero-order valence-corrected chi connectivity index (χ0v) is 22.4. The lowest BCUT2D eigenvalue weighted by atomic mass is 9.98. The summed E-state index contributed by atoms with van der Waals surface area (Å²) in [5, 5.41) is 13.7. The summed E-state index contributed by atoms with van der Waals surface area (Å²) in [5.74, 6) is 2.45. The lowest BCUT2D eigenvalue weighted by Gasteiger charge is -2.31. The molecular formula is C26H27N5O6S. The number of nitrogens with zero attached hydrogens (tertiary/aromatic N) is 4. The first-order valence-electron chi connectivity index (χ1n) is 11.7. The number of benzene rings is 2. The molecule has 2 N–H and O–H groups in total. The highest BCUT2D eigenvalue weighted by Crippen LogP contribution is 2.39. The van der Waals surface area contributed by atoms with E-state index >= 15 is 0 Å². The predicted molar refractivity (Wildman–Crippen MR) is 144 cm³/mol. The number of ether oxygens (including phenoxy) is 4. The van der Waals surface area contributed by atoms with Crippen molar-refractivity contribution in [3.8, 4) is 23.0 Å². The topological polar surface area (TPSA) is 128 Å². The maximum absolute atomic E-state index is 11.5. The molecule has 38 heavy (non-hydrogen) atoms. The molecule has 12 heteroatoms. The first-order chi connectivity index (χ1) is 18.3. The summed E-state index contributed by atoms with van der Waals surface area (Å²) < 4.78 is 22.1. The molecule has 4 aromatic rings. The summed E-state index contributed by atoms with van der Waals surface area (Å²) in [6.07, 6.45) is 0.783. The third kappa shape index (κ3) is 4.58. The van der Waals surface area contributed by atoms with E-state index in [2.05, 4.69) is 20.2 Å². The molecule has 1 aliphatic heterocycles. The van der Waals surface area contributed by atoms with Gasteiger partial charge in [0.25, 0.3) is 0 Å². The molecule has 0 bridgehead atoms. The van der Waals surface area contributed by atoms with Crippen LogP contribution in [0.2, 0.25) is 0 Å². The lowest BCUT2D eigenvalue weighted by molar-refractivity contribution is 0.0701. The zero-order chi connectivity index (χ0) is 27.0. The molecular weight excluding hydrogens is 510 g/mol. The van der Waals surface area contributed by atoms with Crippen LogP contribution in [0.5, 0.6) is 23.0 Å². The Kier molecular flexibility index (Phi) is 6.81. The second kappa shape index (κ2) is 10.2. The summed E-state index contributed by atoms with van der Waals surface area (Å²) in [6.45, 7) is 2.96. The second-order valence-corrected chi connectivity index (χ2v) is 9.61. The van der Waals surface area contributed by atoms with Crippen molar-refractivity contribution in [3.63, 3.8) is 0 Å². The molecule has 0 amide bonds. The number of nitrogens with one attached hydrogen (secondary N) is 1. The molecule has 0 fully saturated rings. The minimum atomic E-state index is -1.02. The summed E-state index contributed by atoms with van der Waals surface area (Å²) >= 11 is 1.04. The standard InChI is InChI=1S/C26H27N5O6S/c1-13-22(24(32)33)38-26(27-13)30-25-28-17-11-21(37-5)20(36-4)10-16(17)23(29-25)31-7-6-14-8-18(34-2)19(35-3)9-15(14)12-31/h8-11H,6-7,12H2,1-5H3,(H,32,33)(H,27,28,29,30). The molecule has 5 rings (SSSR count). The molecule has 3 heterocycles. The largest absolute Gasteiger partial charge is 0.493 e. The van der Waals surface area contributed by atoms with Gasteiger partial charge in [-0.05, 0) is 42.7 Å². The molecule has 0 saturated heterocycles. The minimum Gasteiger partial charge on any atom is -0.493 e. The number of aryl methyl sites for hydroxylation is 1. The number of carboxylic acids is 1. The lowest BCUT2D eigenvalue weighted by Crippen LogP contribution is -2.31. The summed E-state index contributed by atoms with van der Waals surface area (Å²) in [5.41, 5.74) is 3.36. The minimum absolute atomic E-state index is 0.164. The number of hydrogen-bond donors (Lipinski definition) is 2. The fourth-order valence-electron chi connectivity index (χ4n) is 4.54. The number of thiazole rings is 1. The smallest absolute Gasteiger partial charge is 0.347 e. The van der Waals surface area contributed by atoms with Crippen LogP contribution in [0.15, 0.2) is 24.3 Å². The van der Waals surface area contributed by atoms with Crippen LogP contribution in [0.1, 0.15) is 26.5 Å². The van der Waals surface area contributed by atoms with Crippen LogP contribution in [0.25, 0.3) is 10.9 Å². The van der Waals surface area contributed by atoms with E-state index in [9.17, 15) is 9.90 Å². The first-order valence-corrected chi connectivity index (χ1v) is 12.6. The van der Waals surface area contributed by atoms with Gasteiger partial charge in [0.05, 0.1) is 39.6 Å². The van der Waals surface area contributed by atoms with Gasteiger partial charge >= 0.3 is 5.97 Å². The van der Waals surface area contributed by atoms with E-state index in [0.717, 1.165) is 28.7 Å². The molecule has 2 aromatic heterocycles. The highest BCUT2D eigenvalue weighted by Gasteiger charge is 2.24. The number of carbonyl (C=O) groups is 1. The number of rotatable bonds is 8. The highest BCUT2D eigenvalue weighted by molar-refractivity contribution is 7.17. The highest BCUT2D eigenvalue weighted by atomic mass is 32.1. The second-order valence-electron chi connectivity index (χ2n) is 8.61. The Labute approximate surface area is 223 Å². The van der Waals surface area contributed by atoms with Crippen LogP contribution in [0, 0.1) is 6.92 Å². The molecule has 11 nitrogen and oxygen atoms in total. The van der Waals surface area contributed by atoms with Crippen LogP contribution in [0.4, 0.5) is 16.9 Å². The third-order valence-corrected chi connectivity index (χ3v) is 7.47. The number of anilines is 3. The van der Waals surface area contributed by atoms with E-state index < -0.39 is 5.97 Å². The molecule has 0 spiro atoms. The van der Waals surface area contributed by atoms with Gasteiger partial charge in [-0.1, -0.05) is 11.3 Å². The van der Waals surface area contributed by atoms with Gasteiger partial charge in [0, 0.05) is 24.5 Å². The predicted octanol–water partition coefficient (Wildman–Crippen LogP) is 4.43. The van der Waals surface area contributed by atoms with Crippen LogP contribution < -0.4 is 29.2 Å². The fourth-order valence-corrected chi connectivity index (χ4v) is 5.34. The van der Waals surface area contributed by atoms with E-state index in [-0.39, 0.29) is 4.88 Å². The van der Waals surface area contributed by atoms with Crippen LogP contribution in [-0.2, 0) is 13.0 Å².